The molecule has 1 aromatic carbocycles. The Balaban J connectivity index is 1.62. The standard InChI is InChI=1S/C20H24N4O2S/c1-5-26-17(25)12-6-7-15-14(10-12)21-18(24(15)4)23-19-22-13-8-9-20(2,3)11-16(13)27-19/h6-7,10H,5,8-9,11H2,1-4H3,(H,21,22,23). The number of benzene rings is 1. The van der Waals surface area contributed by atoms with Crippen molar-refractivity contribution in [3.05, 3.63) is 34.3 Å². The minimum atomic E-state index is -0.324. The van der Waals surface area contributed by atoms with Crippen molar-refractivity contribution in [1.29, 1.82) is 0 Å². The average molecular weight is 385 g/mol. The lowest BCUT2D eigenvalue weighted by atomic mass is 9.79. The molecule has 0 unspecified atom stereocenters. The first kappa shape index (κ1) is 18.0. The number of hydrogen-bond acceptors (Lipinski definition) is 6. The number of imidazole rings is 1. The molecule has 2 heterocycles. The van der Waals surface area contributed by atoms with Gasteiger partial charge in [-0.1, -0.05) is 13.8 Å². The van der Waals surface area contributed by atoms with Gasteiger partial charge in [0.2, 0.25) is 5.95 Å². The van der Waals surface area contributed by atoms with Gasteiger partial charge in [-0.2, -0.15) is 0 Å². The zero-order chi connectivity index (χ0) is 19.2. The largest absolute Gasteiger partial charge is 0.462 e. The number of carbonyl (C=O) groups excluding carboxylic acids is 1. The highest BCUT2D eigenvalue weighted by Gasteiger charge is 2.28. The molecule has 0 amide bonds. The Morgan fingerprint density at radius 2 is 2.19 bits per heavy atom. The maximum Gasteiger partial charge on any atom is 0.338 e. The average Bonchev–Trinajstić information content (AvgIpc) is 3.14. The van der Waals surface area contributed by atoms with Gasteiger partial charge >= 0.3 is 5.97 Å². The number of carbonyl (C=O) groups is 1. The first-order chi connectivity index (χ1) is 12.9. The lowest BCUT2D eigenvalue weighted by Gasteiger charge is -2.28. The predicted molar refractivity (Wildman–Crippen MR) is 108 cm³/mol. The minimum Gasteiger partial charge on any atom is -0.462 e. The Morgan fingerprint density at radius 3 is 2.96 bits per heavy atom. The number of rotatable bonds is 4. The molecule has 0 atom stereocenters. The van der Waals surface area contributed by atoms with E-state index in [0.717, 1.165) is 35.0 Å². The number of aryl methyl sites for hydroxylation is 2. The van der Waals surface area contributed by atoms with Gasteiger partial charge in [0.05, 0.1) is 28.9 Å². The summed E-state index contributed by atoms with van der Waals surface area (Å²) >= 11 is 1.72. The highest BCUT2D eigenvalue weighted by Crippen LogP contribution is 2.39. The maximum atomic E-state index is 12.0. The second-order valence-electron chi connectivity index (χ2n) is 7.77. The zero-order valence-corrected chi connectivity index (χ0v) is 16.9. The second-order valence-corrected chi connectivity index (χ2v) is 8.86. The van der Waals surface area contributed by atoms with Crippen molar-refractivity contribution < 1.29 is 9.53 Å². The highest BCUT2D eigenvalue weighted by molar-refractivity contribution is 7.15. The molecule has 1 aliphatic carbocycles. The number of aromatic nitrogens is 3. The van der Waals surface area contributed by atoms with E-state index in [-0.39, 0.29) is 5.97 Å². The zero-order valence-electron chi connectivity index (χ0n) is 16.1. The normalized spacial score (nSPS) is 15.6. The molecule has 3 aromatic rings. The molecule has 142 valence electrons. The number of thiazole rings is 1. The van der Waals surface area contributed by atoms with E-state index in [9.17, 15) is 4.79 Å². The van der Waals surface area contributed by atoms with Gasteiger partial charge < -0.3 is 14.6 Å². The quantitative estimate of drug-likeness (QED) is 0.672. The lowest BCUT2D eigenvalue weighted by molar-refractivity contribution is 0.0526. The van der Waals surface area contributed by atoms with E-state index in [1.165, 1.54) is 17.0 Å². The second kappa shape index (κ2) is 6.64. The van der Waals surface area contributed by atoms with Gasteiger partial charge in [0, 0.05) is 11.9 Å². The number of fused-ring (bicyclic) bond motifs is 2. The highest BCUT2D eigenvalue weighted by atomic mass is 32.1. The van der Waals surface area contributed by atoms with Crippen LogP contribution in [0.3, 0.4) is 0 Å². The van der Waals surface area contributed by atoms with Crippen LogP contribution in [0.15, 0.2) is 18.2 Å². The number of ether oxygens (including phenoxy) is 1. The summed E-state index contributed by atoms with van der Waals surface area (Å²) in [5.74, 6) is 0.395. The van der Waals surface area contributed by atoms with Crippen molar-refractivity contribution >= 4 is 39.4 Å². The molecule has 0 saturated carbocycles. The molecule has 0 saturated heterocycles. The molecule has 27 heavy (non-hydrogen) atoms. The Hall–Kier alpha value is -2.41. The van der Waals surface area contributed by atoms with Crippen LogP contribution >= 0.6 is 11.3 Å². The molecule has 0 aliphatic heterocycles. The van der Waals surface area contributed by atoms with Crippen molar-refractivity contribution in [2.45, 2.75) is 40.0 Å². The van der Waals surface area contributed by atoms with E-state index in [1.807, 2.05) is 17.7 Å². The van der Waals surface area contributed by atoms with E-state index in [2.05, 4.69) is 24.1 Å². The van der Waals surface area contributed by atoms with Gasteiger partial charge in [0.1, 0.15) is 0 Å². The number of anilines is 2. The Labute approximate surface area is 162 Å². The summed E-state index contributed by atoms with van der Waals surface area (Å²) < 4.78 is 7.06. The summed E-state index contributed by atoms with van der Waals surface area (Å²) in [7, 11) is 1.96. The van der Waals surface area contributed by atoms with Gasteiger partial charge in [0.25, 0.3) is 0 Å². The summed E-state index contributed by atoms with van der Waals surface area (Å²) in [6.07, 6.45) is 3.28. The van der Waals surface area contributed by atoms with Crippen LogP contribution in [0.2, 0.25) is 0 Å². The lowest BCUT2D eigenvalue weighted by Crippen LogP contribution is -2.20. The Morgan fingerprint density at radius 1 is 1.37 bits per heavy atom. The van der Waals surface area contributed by atoms with Crippen LogP contribution in [0.25, 0.3) is 11.0 Å². The van der Waals surface area contributed by atoms with Gasteiger partial charge in [0.15, 0.2) is 5.13 Å². The third kappa shape index (κ3) is 3.43. The first-order valence-electron chi connectivity index (χ1n) is 9.25. The smallest absolute Gasteiger partial charge is 0.338 e. The molecule has 0 bridgehead atoms. The van der Waals surface area contributed by atoms with E-state index in [1.54, 1.807) is 30.4 Å². The molecule has 0 fully saturated rings. The van der Waals surface area contributed by atoms with Gasteiger partial charge in [-0.05, 0) is 49.8 Å². The Bertz CT molecular complexity index is 1020. The van der Waals surface area contributed by atoms with Crippen molar-refractivity contribution in [2.75, 3.05) is 11.9 Å². The van der Waals surface area contributed by atoms with Crippen molar-refractivity contribution in [3.8, 4) is 0 Å². The summed E-state index contributed by atoms with van der Waals surface area (Å²) in [5.41, 5.74) is 3.78. The SMILES string of the molecule is CCOC(=O)c1ccc2c(c1)nc(Nc1nc3c(s1)CC(C)(C)CC3)n2C. The number of nitrogens with zero attached hydrogens (tertiary/aromatic N) is 3. The third-order valence-electron chi connectivity index (χ3n) is 5.07. The molecular weight excluding hydrogens is 360 g/mol. The van der Waals surface area contributed by atoms with Gasteiger partial charge in [-0.3, -0.25) is 0 Å². The van der Waals surface area contributed by atoms with Crippen LogP contribution in [0.4, 0.5) is 11.1 Å². The molecule has 0 spiro atoms. The summed E-state index contributed by atoms with van der Waals surface area (Å²) in [6, 6.07) is 5.44. The molecular formula is C20H24N4O2S. The van der Waals surface area contributed by atoms with Crippen LogP contribution in [0, 0.1) is 5.41 Å². The predicted octanol–water partition coefficient (Wildman–Crippen LogP) is 4.47. The third-order valence-corrected chi connectivity index (χ3v) is 6.08. The van der Waals surface area contributed by atoms with Crippen molar-refractivity contribution in [1.82, 2.24) is 14.5 Å². The molecule has 0 radical (unpaired) electrons. The summed E-state index contributed by atoms with van der Waals surface area (Å²) in [5, 5.41) is 4.24. The van der Waals surface area contributed by atoms with E-state index >= 15 is 0 Å². The molecule has 1 N–H and O–H groups in total. The van der Waals surface area contributed by atoms with Gasteiger partial charge in [-0.15, -0.1) is 11.3 Å². The number of hydrogen-bond donors (Lipinski definition) is 1. The minimum absolute atomic E-state index is 0.324. The molecule has 6 nitrogen and oxygen atoms in total. The van der Waals surface area contributed by atoms with E-state index in [0.29, 0.717) is 17.6 Å². The summed E-state index contributed by atoms with van der Waals surface area (Å²) in [4.78, 5) is 22.8. The van der Waals surface area contributed by atoms with Crippen molar-refractivity contribution in [2.24, 2.45) is 12.5 Å². The van der Waals surface area contributed by atoms with E-state index < -0.39 is 0 Å². The maximum absolute atomic E-state index is 12.0. The molecule has 7 heteroatoms. The fraction of sp³-hybridized carbons (Fsp3) is 0.450. The topological polar surface area (TPSA) is 69.0 Å². The Kier molecular flexibility index (Phi) is 4.42. The van der Waals surface area contributed by atoms with Crippen LogP contribution in [-0.2, 0) is 24.6 Å². The summed E-state index contributed by atoms with van der Waals surface area (Å²) in [6.45, 7) is 6.79. The van der Waals surface area contributed by atoms with Gasteiger partial charge in [-0.25, -0.2) is 14.8 Å². The fourth-order valence-electron chi connectivity index (χ4n) is 3.50. The fourth-order valence-corrected chi connectivity index (χ4v) is 4.76. The number of esters is 1. The molecule has 2 aromatic heterocycles. The van der Waals surface area contributed by atoms with Crippen LogP contribution in [0.5, 0.6) is 0 Å². The molecule has 4 rings (SSSR count). The van der Waals surface area contributed by atoms with Crippen LogP contribution in [0.1, 0.15) is 48.1 Å². The number of nitrogens with one attached hydrogen (secondary N) is 1. The van der Waals surface area contributed by atoms with Crippen LogP contribution in [-0.4, -0.2) is 27.1 Å². The molecule has 1 aliphatic rings. The monoisotopic (exact) mass is 384 g/mol. The van der Waals surface area contributed by atoms with Crippen LogP contribution < -0.4 is 5.32 Å². The van der Waals surface area contributed by atoms with E-state index in [4.69, 9.17) is 9.72 Å². The van der Waals surface area contributed by atoms with Crippen molar-refractivity contribution in [3.63, 3.8) is 0 Å². The first-order valence-corrected chi connectivity index (χ1v) is 10.1.